The molecular formula is C24H24O3. The van der Waals surface area contributed by atoms with E-state index in [9.17, 15) is 0 Å². The molecule has 27 heavy (non-hydrogen) atoms. The first-order valence-electron chi connectivity index (χ1n) is 9.07. The molecule has 0 aliphatic carbocycles. The van der Waals surface area contributed by atoms with Crippen LogP contribution >= 0.6 is 0 Å². The predicted molar refractivity (Wildman–Crippen MR) is 110 cm³/mol. The number of ether oxygens (including phenoxy) is 3. The maximum atomic E-state index is 5.88. The highest BCUT2D eigenvalue weighted by molar-refractivity contribution is 5.64. The van der Waals surface area contributed by atoms with Gasteiger partial charge in [-0.3, -0.25) is 0 Å². The van der Waals surface area contributed by atoms with E-state index in [1.54, 1.807) is 6.08 Å². The third-order valence-electron chi connectivity index (χ3n) is 4.05. The average molecular weight is 360 g/mol. The first kappa shape index (κ1) is 18.6. The summed E-state index contributed by atoms with van der Waals surface area (Å²) in [5, 5.41) is 0. The van der Waals surface area contributed by atoms with Gasteiger partial charge < -0.3 is 14.2 Å². The van der Waals surface area contributed by atoms with Crippen LogP contribution < -0.4 is 14.2 Å². The topological polar surface area (TPSA) is 27.7 Å². The highest BCUT2D eigenvalue weighted by Crippen LogP contribution is 2.25. The maximum Gasteiger partial charge on any atom is 0.119 e. The van der Waals surface area contributed by atoms with Crippen molar-refractivity contribution in [3.63, 3.8) is 0 Å². The summed E-state index contributed by atoms with van der Waals surface area (Å²) in [4.78, 5) is 0. The zero-order chi connectivity index (χ0) is 18.9. The summed E-state index contributed by atoms with van der Waals surface area (Å²) in [6.45, 7) is 7.33. The van der Waals surface area contributed by atoms with E-state index in [1.165, 1.54) is 0 Å². The Bertz CT molecular complexity index is 834. The van der Waals surface area contributed by atoms with Crippen LogP contribution in [0.1, 0.15) is 12.5 Å². The normalized spacial score (nSPS) is 10.3. The molecule has 138 valence electrons. The summed E-state index contributed by atoms with van der Waals surface area (Å²) in [5.74, 6) is 2.57. The van der Waals surface area contributed by atoms with E-state index in [0.717, 1.165) is 33.9 Å². The van der Waals surface area contributed by atoms with E-state index in [0.29, 0.717) is 19.8 Å². The van der Waals surface area contributed by atoms with E-state index < -0.39 is 0 Å². The molecule has 0 spiro atoms. The van der Waals surface area contributed by atoms with Crippen LogP contribution in [0.5, 0.6) is 17.2 Å². The van der Waals surface area contributed by atoms with Crippen LogP contribution in [0.4, 0.5) is 0 Å². The molecule has 3 rings (SSSR count). The second kappa shape index (κ2) is 9.48. The van der Waals surface area contributed by atoms with Crippen molar-refractivity contribution in [2.45, 2.75) is 13.5 Å². The van der Waals surface area contributed by atoms with Crippen LogP contribution in [0.2, 0.25) is 0 Å². The number of rotatable bonds is 9. The van der Waals surface area contributed by atoms with Crippen LogP contribution in [0.3, 0.4) is 0 Å². The summed E-state index contributed by atoms with van der Waals surface area (Å²) >= 11 is 0. The fraction of sp³-hybridized carbons (Fsp3) is 0.167. The van der Waals surface area contributed by atoms with Gasteiger partial charge in [0.25, 0.3) is 0 Å². The third kappa shape index (κ3) is 5.38. The van der Waals surface area contributed by atoms with Gasteiger partial charge in [0, 0.05) is 0 Å². The molecule has 3 heteroatoms. The van der Waals surface area contributed by atoms with E-state index >= 15 is 0 Å². The highest BCUT2D eigenvalue weighted by Gasteiger charge is 2.01. The Kier molecular flexibility index (Phi) is 6.53. The number of benzene rings is 3. The van der Waals surface area contributed by atoms with E-state index in [1.807, 2.05) is 55.5 Å². The van der Waals surface area contributed by atoms with Crippen molar-refractivity contribution in [3.8, 4) is 28.4 Å². The van der Waals surface area contributed by atoms with Gasteiger partial charge in [0.1, 0.15) is 30.5 Å². The molecule has 0 atom stereocenters. The lowest BCUT2D eigenvalue weighted by atomic mass is 10.1. The van der Waals surface area contributed by atoms with Crippen molar-refractivity contribution in [3.05, 3.63) is 91.0 Å². The average Bonchev–Trinajstić information content (AvgIpc) is 2.73. The SMILES string of the molecule is C=CCOc1ccc(COc2ccc(-c3ccc(OCC)cc3)cc2)cc1. The highest BCUT2D eigenvalue weighted by atomic mass is 16.5. The van der Waals surface area contributed by atoms with Crippen LogP contribution in [0, 0.1) is 0 Å². The predicted octanol–water partition coefficient (Wildman–Crippen LogP) is 5.90. The van der Waals surface area contributed by atoms with Gasteiger partial charge in [0.05, 0.1) is 6.61 Å². The molecule has 0 aliphatic heterocycles. The first-order chi connectivity index (χ1) is 13.3. The van der Waals surface area contributed by atoms with Crippen molar-refractivity contribution in [1.82, 2.24) is 0 Å². The second-order valence-electron chi connectivity index (χ2n) is 6.01. The van der Waals surface area contributed by atoms with Crippen molar-refractivity contribution in [2.24, 2.45) is 0 Å². The fourth-order valence-corrected chi connectivity index (χ4v) is 2.66. The molecule has 0 bridgehead atoms. The Labute approximate surface area is 160 Å². The molecule has 3 aromatic carbocycles. The summed E-state index contributed by atoms with van der Waals surface area (Å²) in [6.07, 6.45) is 1.73. The lowest BCUT2D eigenvalue weighted by Gasteiger charge is -2.09. The Morgan fingerprint density at radius 1 is 0.667 bits per heavy atom. The molecule has 3 nitrogen and oxygen atoms in total. The molecule has 0 fully saturated rings. The molecule has 0 unspecified atom stereocenters. The van der Waals surface area contributed by atoms with E-state index in [4.69, 9.17) is 14.2 Å². The largest absolute Gasteiger partial charge is 0.494 e. The van der Waals surface area contributed by atoms with Crippen molar-refractivity contribution in [1.29, 1.82) is 0 Å². The van der Waals surface area contributed by atoms with Gasteiger partial charge >= 0.3 is 0 Å². The zero-order valence-electron chi connectivity index (χ0n) is 15.6. The van der Waals surface area contributed by atoms with Crippen LogP contribution in [0.15, 0.2) is 85.5 Å². The lowest BCUT2D eigenvalue weighted by Crippen LogP contribution is -1.96. The molecule has 0 aliphatic rings. The lowest BCUT2D eigenvalue weighted by molar-refractivity contribution is 0.306. The monoisotopic (exact) mass is 360 g/mol. The van der Waals surface area contributed by atoms with Crippen LogP contribution in [0.25, 0.3) is 11.1 Å². The molecule has 0 saturated heterocycles. The molecular weight excluding hydrogens is 336 g/mol. The van der Waals surface area contributed by atoms with Crippen molar-refractivity contribution >= 4 is 0 Å². The summed E-state index contributed by atoms with van der Waals surface area (Å²) in [7, 11) is 0. The molecule has 0 N–H and O–H groups in total. The summed E-state index contributed by atoms with van der Waals surface area (Å²) < 4.78 is 16.8. The molecule has 3 aromatic rings. The minimum atomic E-state index is 0.510. The fourth-order valence-electron chi connectivity index (χ4n) is 2.66. The van der Waals surface area contributed by atoms with Gasteiger partial charge in [-0.05, 0) is 60.0 Å². The van der Waals surface area contributed by atoms with Crippen LogP contribution in [-0.2, 0) is 6.61 Å². The Hall–Kier alpha value is -3.20. The van der Waals surface area contributed by atoms with E-state index in [-0.39, 0.29) is 0 Å². The zero-order valence-corrected chi connectivity index (χ0v) is 15.6. The molecule has 0 aromatic heterocycles. The maximum absolute atomic E-state index is 5.88. The molecule has 0 saturated carbocycles. The third-order valence-corrected chi connectivity index (χ3v) is 4.05. The van der Waals surface area contributed by atoms with Gasteiger partial charge in [-0.1, -0.05) is 49.1 Å². The Balaban J connectivity index is 1.56. The first-order valence-corrected chi connectivity index (χ1v) is 9.07. The van der Waals surface area contributed by atoms with Gasteiger partial charge in [0.2, 0.25) is 0 Å². The van der Waals surface area contributed by atoms with Gasteiger partial charge in [-0.2, -0.15) is 0 Å². The smallest absolute Gasteiger partial charge is 0.119 e. The number of hydrogen-bond acceptors (Lipinski definition) is 3. The van der Waals surface area contributed by atoms with Gasteiger partial charge in [-0.15, -0.1) is 0 Å². The minimum absolute atomic E-state index is 0.510. The molecule has 0 radical (unpaired) electrons. The molecule has 0 amide bonds. The molecule has 0 heterocycles. The Morgan fingerprint density at radius 2 is 1.15 bits per heavy atom. The van der Waals surface area contributed by atoms with Gasteiger partial charge in [0.15, 0.2) is 0 Å². The summed E-state index contributed by atoms with van der Waals surface area (Å²) in [6, 6.07) is 24.1. The van der Waals surface area contributed by atoms with Gasteiger partial charge in [-0.25, -0.2) is 0 Å². The number of hydrogen-bond donors (Lipinski definition) is 0. The minimum Gasteiger partial charge on any atom is -0.494 e. The van der Waals surface area contributed by atoms with Crippen molar-refractivity contribution in [2.75, 3.05) is 13.2 Å². The Morgan fingerprint density at radius 3 is 1.67 bits per heavy atom. The summed E-state index contributed by atoms with van der Waals surface area (Å²) in [5.41, 5.74) is 3.39. The quantitative estimate of drug-likeness (QED) is 0.445. The van der Waals surface area contributed by atoms with Crippen molar-refractivity contribution < 1.29 is 14.2 Å². The second-order valence-corrected chi connectivity index (χ2v) is 6.01. The van der Waals surface area contributed by atoms with E-state index in [2.05, 4.69) is 30.8 Å². The standard InChI is InChI=1S/C24H24O3/c1-3-17-26-23-11-5-19(6-12-23)18-27-24-15-9-21(10-16-24)20-7-13-22(14-8-20)25-4-2/h3,5-16H,1,4,17-18H2,2H3. The van der Waals surface area contributed by atoms with Crippen LogP contribution in [-0.4, -0.2) is 13.2 Å².